The molecule has 0 saturated carbocycles. The van der Waals surface area contributed by atoms with Crippen LogP contribution >= 0.6 is 0 Å². The van der Waals surface area contributed by atoms with Gasteiger partial charge in [-0.15, -0.1) is 0 Å². The first-order valence-electron chi connectivity index (χ1n) is 7.99. The fourth-order valence-corrected chi connectivity index (χ4v) is 2.27. The van der Waals surface area contributed by atoms with Crippen LogP contribution in [-0.2, 0) is 16.0 Å². The number of rotatable bonds is 8. The van der Waals surface area contributed by atoms with E-state index in [0.29, 0.717) is 17.7 Å². The van der Waals surface area contributed by atoms with Gasteiger partial charge in [-0.1, -0.05) is 17.3 Å². The van der Waals surface area contributed by atoms with Gasteiger partial charge in [0, 0.05) is 31.5 Å². The Kier molecular flexibility index (Phi) is 6.21. The van der Waals surface area contributed by atoms with Gasteiger partial charge in [0.25, 0.3) is 0 Å². The molecule has 25 heavy (non-hydrogen) atoms. The van der Waals surface area contributed by atoms with E-state index in [1.54, 1.807) is 26.0 Å². The molecule has 0 atom stereocenters. The third-order valence-electron chi connectivity index (χ3n) is 3.78. The Morgan fingerprint density at radius 1 is 1.32 bits per heavy atom. The zero-order valence-corrected chi connectivity index (χ0v) is 14.2. The Hall–Kier alpha value is -2.77. The number of amides is 1. The molecule has 2 rings (SSSR count). The predicted octanol–water partition coefficient (Wildman–Crippen LogP) is 2.44. The SMILES string of the molecule is CCN(CCC(=O)O)C(=O)CCc1nc(-c2ccc(C)c(F)c2)no1. The zero-order chi connectivity index (χ0) is 18.4. The Labute approximate surface area is 144 Å². The van der Waals surface area contributed by atoms with Gasteiger partial charge in [0.15, 0.2) is 0 Å². The molecule has 2 aromatic rings. The molecule has 1 amide bonds. The lowest BCUT2D eigenvalue weighted by atomic mass is 10.1. The van der Waals surface area contributed by atoms with Crippen LogP contribution in [0.4, 0.5) is 4.39 Å². The minimum absolute atomic E-state index is 0.0940. The van der Waals surface area contributed by atoms with Gasteiger partial charge in [0.1, 0.15) is 5.82 Å². The standard InChI is InChI=1S/C17H20FN3O4/c1-3-21(9-8-16(23)24)15(22)7-6-14-19-17(20-25-14)12-5-4-11(2)13(18)10-12/h4-5,10H,3,6-9H2,1-2H3,(H,23,24). The molecule has 0 spiro atoms. The van der Waals surface area contributed by atoms with E-state index in [-0.39, 0.29) is 49.2 Å². The Balaban J connectivity index is 1.95. The number of carbonyl (C=O) groups excluding carboxylic acids is 1. The zero-order valence-electron chi connectivity index (χ0n) is 14.2. The Morgan fingerprint density at radius 2 is 2.08 bits per heavy atom. The van der Waals surface area contributed by atoms with Crippen molar-refractivity contribution in [3.05, 3.63) is 35.5 Å². The summed E-state index contributed by atoms with van der Waals surface area (Å²) < 4.78 is 18.7. The van der Waals surface area contributed by atoms with E-state index in [1.165, 1.54) is 11.0 Å². The molecular weight excluding hydrogens is 329 g/mol. The fraction of sp³-hybridized carbons (Fsp3) is 0.412. The first-order chi connectivity index (χ1) is 11.9. The van der Waals surface area contributed by atoms with E-state index < -0.39 is 5.97 Å². The van der Waals surface area contributed by atoms with Gasteiger partial charge in [0.2, 0.25) is 17.6 Å². The number of halogens is 1. The molecule has 7 nitrogen and oxygen atoms in total. The molecule has 134 valence electrons. The largest absolute Gasteiger partial charge is 0.481 e. The minimum atomic E-state index is -0.946. The van der Waals surface area contributed by atoms with Crippen LogP contribution in [0, 0.1) is 12.7 Å². The monoisotopic (exact) mass is 349 g/mol. The van der Waals surface area contributed by atoms with E-state index >= 15 is 0 Å². The van der Waals surface area contributed by atoms with Crippen molar-refractivity contribution >= 4 is 11.9 Å². The third-order valence-corrected chi connectivity index (χ3v) is 3.78. The predicted molar refractivity (Wildman–Crippen MR) is 87.3 cm³/mol. The molecule has 0 fully saturated rings. The Bertz CT molecular complexity index is 760. The number of aromatic nitrogens is 2. The summed E-state index contributed by atoms with van der Waals surface area (Å²) in [5.41, 5.74) is 1.03. The van der Waals surface area contributed by atoms with Crippen LogP contribution in [0.1, 0.15) is 31.2 Å². The Morgan fingerprint density at radius 3 is 2.72 bits per heavy atom. The number of hydrogen-bond donors (Lipinski definition) is 1. The molecule has 0 bridgehead atoms. The summed E-state index contributed by atoms with van der Waals surface area (Å²) in [6.07, 6.45) is 0.282. The summed E-state index contributed by atoms with van der Waals surface area (Å²) in [5, 5.41) is 12.5. The van der Waals surface area contributed by atoms with Crippen molar-refractivity contribution in [3.8, 4) is 11.4 Å². The van der Waals surface area contributed by atoms with E-state index in [9.17, 15) is 14.0 Å². The smallest absolute Gasteiger partial charge is 0.305 e. The highest BCUT2D eigenvalue weighted by Crippen LogP contribution is 2.19. The average molecular weight is 349 g/mol. The average Bonchev–Trinajstić information content (AvgIpc) is 3.04. The quantitative estimate of drug-likeness (QED) is 0.786. The maximum atomic E-state index is 13.6. The van der Waals surface area contributed by atoms with Gasteiger partial charge < -0.3 is 14.5 Å². The van der Waals surface area contributed by atoms with Gasteiger partial charge in [-0.2, -0.15) is 4.98 Å². The number of hydrogen-bond acceptors (Lipinski definition) is 5. The minimum Gasteiger partial charge on any atom is -0.481 e. The van der Waals surface area contributed by atoms with Crippen LogP contribution in [0.15, 0.2) is 22.7 Å². The first-order valence-corrected chi connectivity index (χ1v) is 7.99. The number of benzene rings is 1. The van der Waals surface area contributed by atoms with Gasteiger partial charge in [-0.05, 0) is 25.5 Å². The number of carboxylic acid groups (broad SMARTS) is 1. The molecule has 1 aromatic heterocycles. The number of carbonyl (C=O) groups is 2. The van der Waals surface area contributed by atoms with Crippen molar-refractivity contribution in [2.75, 3.05) is 13.1 Å². The van der Waals surface area contributed by atoms with Gasteiger partial charge >= 0.3 is 5.97 Å². The van der Waals surface area contributed by atoms with Crippen molar-refractivity contribution < 1.29 is 23.6 Å². The molecule has 0 saturated heterocycles. The number of aliphatic carboxylic acids is 1. The van der Waals surface area contributed by atoms with Crippen molar-refractivity contribution in [1.29, 1.82) is 0 Å². The van der Waals surface area contributed by atoms with Crippen LogP contribution in [0.3, 0.4) is 0 Å². The molecule has 1 aromatic carbocycles. The topological polar surface area (TPSA) is 96.5 Å². The van der Waals surface area contributed by atoms with E-state index in [4.69, 9.17) is 9.63 Å². The molecule has 0 aliphatic rings. The van der Waals surface area contributed by atoms with Crippen molar-refractivity contribution in [3.63, 3.8) is 0 Å². The van der Waals surface area contributed by atoms with E-state index in [0.717, 1.165) is 0 Å². The molecule has 1 N–H and O–H groups in total. The van der Waals surface area contributed by atoms with E-state index in [2.05, 4.69) is 10.1 Å². The highest BCUT2D eigenvalue weighted by molar-refractivity contribution is 5.77. The summed E-state index contributed by atoms with van der Waals surface area (Å²) in [6, 6.07) is 4.66. The summed E-state index contributed by atoms with van der Waals surface area (Å²) in [5.74, 6) is -0.933. The van der Waals surface area contributed by atoms with Crippen LogP contribution in [0.2, 0.25) is 0 Å². The summed E-state index contributed by atoms with van der Waals surface area (Å²) in [7, 11) is 0. The first kappa shape index (κ1) is 18.6. The van der Waals surface area contributed by atoms with Crippen LogP contribution in [0.5, 0.6) is 0 Å². The molecule has 0 aliphatic heterocycles. The molecule has 8 heteroatoms. The molecule has 1 heterocycles. The summed E-state index contributed by atoms with van der Waals surface area (Å²) in [6.45, 7) is 4.05. The number of aryl methyl sites for hydroxylation is 2. The van der Waals surface area contributed by atoms with Gasteiger partial charge in [-0.3, -0.25) is 9.59 Å². The second-order valence-corrected chi connectivity index (χ2v) is 5.59. The van der Waals surface area contributed by atoms with Crippen molar-refractivity contribution in [2.24, 2.45) is 0 Å². The lowest BCUT2D eigenvalue weighted by Crippen LogP contribution is -2.33. The number of nitrogens with zero attached hydrogens (tertiary/aromatic N) is 3. The van der Waals surface area contributed by atoms with Gasteiger partial charge in [0.05, 0.1) is 6.42 Å². The van der Waals surface area contributed by atoms with Crippen molar-refractivity contribution in [2.45, 2.75) is 33.1 Å². The molecule has 0 aliphatic carbocycles. The van der Waals surface area contributed by atoms with Gasteiger partial charge in [-0.25, -0.2) is 4.39 Å². The van der Waals surface area contributed by atoms with E-state index in [1.807, 2.05) is 0 Å². The molecule has 0 unspecified atom stereocenters. The van der Waals surface area contributed by atoms with Crippen molar-refractivity contribution in [1.82, 2.24) is 15.0 Å². The number of carboxylic acids is 1. The maximum absolute atomic E-state index is 13.6. The lowest BCUT2D eigenvalue weighted by Gasteiger charge is -2.19. The normalized spacial score (nSPS) is 10.7. The highest BCUT2D eigenvalue weighted by atomic mass is 19.1. The van der Waals surface area contributed by atoms with Crippen LogP contribution in [0.25, 0.3) is 11.4 Å². The summed E-state index contributed by atoms with van der Waals surface area (Å²) in [4.78, 5) is 28.4. The molecule has 0 radical (unpaired) electrons. The second-order valence-electron chi connectivity index (χ2n) is 5.59. The second kappa shape index (κ2) is 8.36. The fourth-order valence-electron chi connectivity index (χ4n) is 2.27. The maximum Gasteiger partial charge on any atom is 0.305 e. The lowest BCUT2D eigenvalue weighted by molar-refractivity contribution is -0.138. The van der Waals surface area contributed by atoms with Crippen LogP contribution in [-0.4, -0.2) is 45.1 Å². The van der Waals surface area contributed by atoms with Crippen LogP contribution < -0.4 is 0 Å². The summed E-state index contributed by atoms with van der Waals surface area (Å²) >= 11 is 0. The third kappa shape index (κ3) is 5.10. The molecular formula is C17H20FN3O4. The highest BCUT2D eigenvalue weighted by Gasteiger charge is 2.16.